The smallest absolute Gasteiger partial charge is 0.143 e. The molecule has 22 heavy (non-hydrogen) atoms. The van der Waals surface area contributed by atoms with Crippen LogP contribution in [0, 0.1) is 6.92 Å². The molecule has 0 aliphatic carbocycles. The fourth-order valence-corrected chi connectivity index (χ4v) is 3.19. The molecule has 0 bridgehead atoms. The third-order valence-corrected chi connectivity index (χ3v) is 4.31. The monoisotopic (exact) mass is 303 g/mol. The van der Waals surface area contributed by atoms with Crippen molar-refractivity contribution in [1.29, 1.82) is 0 Å². The van der Waals surface area contributed by atoms with E-state index in [-0.39, 0.29) is 0 Å². The number of hydrogen-bond acceptors (Lipinski definition) is 4. The largest absolute Gasteiger partial charge is 0.256 e. The van der Waals surface area contributed by atoms with Gasteiger partial charge >= 0.3 is 0 Å². The van der Waals surface area contributed by atoms with Crippen molar-refractivity contribution in [2.45, 2.75) is 6.92 Å². The van der Waals surface area contributed by atoms with Crippen LogP contribution in [0.1, 0.15) is 5.56 Å². The molecule has 0 radical (unpaired) electrons. The maximum atomic E-state index is 4.73. The summed E-state index contributed by atoms with van der Waals surface area (Å²) in [5, 5.41) is 0. The van der Waals surface area contributed by atoms with Crippen LogP contribution in [-0.4, -0.2) is 15.0 Å². The summed E-state index contributed by atoms with van der Waals surface area (Å²) in [6.45, 7) is 2.09. The van der Waals surface area contributed by atoms with E-state index in [0.29, 0.717) is 0 Å². The second-order valence-electron chi connectivity index (χ2n) is 5.14. The average molecular weight is 303 g/mol. The first-order valence-electron chi connectivity index (χ1n) is 7.04. The molecule has 4 aromatic rings. The Kier molecular flexibility index (Phi) is 3.16. The van der Waals surface area contributed by atoms with Gasteiger partial charge in [0.05, 0.1) is 22.4 Å². The van der Waals surface area contributed by atoms with E-state index >= 15 is 0 Å². The summed E-state index contributed by atoms with van der Waals surface area (Å²) in [5.41, 5.74) is 8.04. The predicted octanol–water partition coefficient (Wildman–Crippen LogP) is 4.73. The number of pyridine rings is 2. The third-order valence-electron chi connectivity index (χ3n) is 3.57. The molecule has 0 spiro atoms. The molecular formula is C18H13N3S. The number of rotatable bonds is 2. The van der Waals surface area contributed by atoms with E-state index in [1.807, 2.05) is 29.9 Å². The SMILES string of the molecule is Cc1cccc(-c2ncccc2-c2ccc3ncsc3n2)c1. The molecule has 3 heterocycles. The Morgan fingerprint density at radius 3 is 2.82 bits per heavy atom. The van der Waals surface area contributed by atoms with Gasteiger partial charge in [0.25, 0.3) is 0 Å². The molecule has 0 atom stereocenters. The summed E-state index contributed by atoms with van der Waals surface area (Å²) in [5.74, 6) is 0. The Labute approximate surface area is 132 Å². The molecule has 4 rings (SSSR count). The zero-order valence-corrected chi connectivity index (χ0v) is 12.8. The second kappa shape index (κ2) is 5.31. The van der Waals surface area contributed by atoms with Gasteiger partial charge in [-0.1, -0.05) is 23.8 Å². The first-order chi connectivity index (χ1) is 10.8. The molecule has 0 aliphatic rings. The van der Waals surface area contributed by atoms with Crippen LogP contribution < -0.4 is 0 Å². The number of hydrogen-bond donors (Lipinski definition) is 0. The molecule has 1 aromatic carbocycles. The zero-order chi connectivity index (χ0) is 14.9. The fourth-order valence-electron chi connectivity index (χ4n) is 2.54. The van der Waals surface area contributed by atoms with E-state index in [4.69, 9.17) is 4.98 Å². The van der Waals surface area contributed by atoms with E-state index in [2.05, 4.69) is 47.2 Å². The van der Waals surface area contributed by atoms with Crippen molar-refractivity contribution < 1.29 is 0 Å². The van der Waals surface area contributed by atoms with Crippen LogP contribution in [0.15, 0.2) is 60.2 Å². The van der Waals surface area contributed by atoms with E-state index in [1.165, 1.54) is 5.56 Å². The molecular weight excluding hydrogens is 290 g/mol. The lowest BCUT2D eigenvalue weighted by atomic mass is 10.0. The lowest BCUT2D eigenvalue weighted by Crippen LogP contribution is -1.91. The minimum absolute atomic E-state index is 0.932. The molecule has 0 saturated heterocycles. The first-order valence-corrected chi connectivity index (χ1v) is 7.92. The maximum absolute atomic E-state index is 4.73. The highest BCUT2D eigenvalue weighted by molar-refractivity contribution is 7.16. The standard InChI is InChI=1S/C18H13N3S/c1-12-4-2-5-13(10-12)17-14(6-3-9-19-17)15-7-8-16-18(21-15)22-11-20-16/h2-11H,1H3. The highest BCUT2D eigenvalue weighted by Gasteiger charge is 2.11. The van der Waals surface area contributed by atoms with Crippen LogP contribution in [0.5, 0.6) is 0 Å². The minimum atomic E-state index is 0.932. The average Bonchev–Trinajstić information content (AvgIpc) is 3.02. The highest BCUT2D eigenvalue weighted by Crippen LogP contribution is 2.30. The van der Waals surface area contributed by atoms with Crippen LogP contribution in [0.3, 0.4) is 0 Å². The van der Waals surface area contributed by atoms with Crippen molar-refractivity contribution in [2.24, 2.45) is 0 Å². The van der Waals surface area contributed by atoms with Gasteiger partial charge in [0.15, 0.2) is 0 Å². The summed E-state index contributed by atoms with van der Waals surface area (Å²) in [6.07, 6.45) is 1.83. The lowest BCUT2D eigenvalue weighted by molar-refractivity contribution is 1.30. The van der Waals surface area contributed by atoms with E-state index < -0.39 is 0 Å². The van der Waals surface area contributed by atoms with Crippen molar-refractivity contribution >= 4 is 21.7 Å². The normalized spacial score (nSPS) is 11.0. The van der Waals surface area contributed by atoms with Gasteiger partial charge in [0, 0.05) is 17.3 Å². The number of fused-ring (bicyclic) bond motifs is 1. The Bertz CT molecular complexity index is 959. The molecule has 3 nitrogen and oxygen atoms in total. The van der Waals surface area contributed by atoms with Gasteiger partial charge in [-0.25, -0.2) is 9.97 Å². The van der Waals surface area contributed by atoms with E-state index in [9.17, 15) is 0 Å². The third kappa shape index (κ3) is 2.27. The molecule has 0 fully saturated rings. The number of aryl methyl sites for hydroxylation is 1. The predicted molar refractivity (Wildman–Crippen MR) is 90.8 cm³/mol. The first kappa shape index (κ1) is 13.1. The van der Waals surface area contributed by atoms with Gasteiger partial charge in [-0.3, -0.25) is 4.98 Å². The van der Waals surface area contributed by atoms with E-state index in [1.54, 1.807) is 11.3 Å². The van der Waals surface area contributed by atoms with Crippen LogP contribution in [-0.2, 0) is 0 Å². The van der Waals surface area contributed by atoms with Gasteiger partial charge < -0.3 is 0 Å². The van der Waals surface area contributed by atoms with Crippen LogP contribution in [0.2, 0.25) is 0 Å². The summed E-state index contributed by atoms with van der Waals surface area (Å²) < 4.78 is 0. The quantitative estimate of drug-likeness (QED) is 0.537. The number of aromatic nitrogens is 3. The number of thiazole rings is 1. The Morgan fingerprint density at radius 1 is 0.955 bits per heavy atom. The molecule has 0 N–H and O–H groups in total. The van der Waals surface area contributed by atoms with Crippen LogP contribution in [0.25, 0.3) is 32.9 Å². The Morgan fingerprint density at radius 2 is 1.91 bits per heavy atom. The second-order valence-corrected chi connectivity index (χ2v) is 5.98. The Balaban J connectivity index is 1.92. The fraction of sp³-hybridized carbons (Fsp3) is 0.0556. The molecule has 4 heteroatoms. The van der Waals surface area contributed by atoms with Gasteiger partial charge in [0.2, 0.25) is 0 Å². The van der Waals surface area contributed by atoms with Crippen molar-refractivity contribution in [1.82, 2.24) is 15.0 Å². The zero-order valence-electron chi connectivity index (χ0n) is 12.0. The topological polar surface area (TPSA) is 38.7 Å². The molecule has 0 unspecified atom stereocenters. The van der Waals surface area contributed by atoms with E-state index in [0.717, 1.165) is 32.9 Å². The summed E-state index contributed by atoms with van der Waals surface area (Å²) in [6, 6.07) is 16.4. The summed E-state index contributed by atoms with van der Waals surface area (Å²) in [7, 11) is 0. The molecule has 0 aliphatic heterocycles. The van der Waals surface area contributed by atoms with Crippen LogP contribution >= 0.6 is 11.3 Å². The van der Waals surface area contributed by atoms with Crippen molar-refractivity contribution in [3.63, 3.8) is 0 Å². The summed E-state index contributed by atoms with van der Waals surface area (Å²) in [4.78, 5) is 14.6. The summed E-state index contributed by atoms with van der Waals surface area (Å²) >= 11 is 1.56. The van der Waals surface area contributed by atoms with Crippen molar-refractivity contribution in [3.8, 4) is 22.5 Å². The molecule has 106 valence electrons. The van der Waals surface area contributed by atoms with Crippen molar-refractivity contribution in [3.05, 3.63) is 65.8 Å². The molecule has 3 aromatic heterocycles. The number of benzene rings is 1. The number of nitrogens with zero attached hydrogens (tertiary/aromatic N) is 3. The van der Waals surface area contributed by atoms with Gasteiger partial charge in [-0.2, -0.15) is 0 Å². The van der Waals surface area contributed by atoms with Gasteiger partial charge in [0.1, 0.15) is 4.83 Å². The lowest BCUT2D eigenvalue weighted by Gasteiger charge is -2.09. The van der Waals surface area contributed by atoms with Gasteiger partial charge in [-0.05, 0) is 37.3 Å². The molecule has 0 saturated carbocycles. The van der Waals surface area contributed by atoms with Crippen LogP contribution in [0.4, 0.5) is 0 Å². The highest BCUT2D eigenvalue weighted by atomic mass is 32.1. The van der Waals surface area contributed by atoms with Crippen molar-refractivity contribution in [2.75, 3.05) is 0 Å². The van der Waals surface area contributed by atoms with Gasteiger partial charge in [-0.15, -0.1) is 11.3 Å². The minimum Gasteiger partial charge on any atom is -0.256 e. The Hall–Kier alpha value is -2.59. The maximum Gasteiger partial charge on any atom is 0.143 e. The molecule has 0 amide bonds.